The maximum atomic E-state index is 12.1. The number of carbonyl (C=O) groups excluding carboxylic acids is 1. The standard InChI is InChI=1S/C13H14N2O2S/c16-11(10-3-6-17-9-10)8-15-5-4-14-13(15)12-2-1-7-18-12/h1-2,4-5,7,10H,3,6,8-9H2. The minimum Gasteiger partial charge on any atom is -0.381 e. The van der Waals surface area contributed by atoms with Gasteiger partial charge in [-0.1, -0.05) is 6.07 Å². The van der Waals surface area contributed by atoms with Crippen molar-refractivity contribution in [2.24, 2.45) is 5.92 Å². The normalized spacial score (nSPS) is 19.2. The lowest BCUT2D eigenvalue weighted by Gasteiger charge is -2.09. The summed E-state index contributed by atoms with van der Waals surface area (Å²) in [5.74, 6) is 1.17. The third-order valence-electron chi connectivity index (χ3n) is 3.17. The molecule has 0 aromatic carbocycles. The van der Waals surface area contributed by atoms with Gasteiger partial charge in [0.2, 0.25) is 0 Å². The first-order valence-corrected chi connectivity index (χ1v) is 6.88. The van der Waals surface area contributed by atoms with E-state index in [9.17, 15) is 4.79 Å². The van der Waals surface area contributed by atoms with Crippen LogP contribution < -0.4 is 0 Å². The van der Waals surface area contributed by atoms with E-state index in [2.05, 4.69) is 4.98 Å². The minimum absolute atomic E-state index is 0.0589. The maximum Gasteiger partial charge on any atom is 0.158 e. The van der Waals surface area contributed by atoms with Crippen molar-refractivity contribution in [3.63, 3.8) is 0 Å². The molecule has 1 saturated heterocycles. The highest BCUT2D eigenvalue weighted by Crippen LogP contribution is 2.23. The Morgan fingerprint density at radius 2 is 2.56 bits per heavy atom. The third-order valence-corrected chi connectivity index (χ3v) is 4.03. The number of Topliss-reactive ketones (excluding diaryl/α,β-unsaturated/α-hetero) is 1. The number of carbonyl (C=O) groups is 1. The zero-order chi connectivity index (χ0) is 12.4. The van der Waals surface area contributed by atoms with Crippen LogP contribution in [0.25, 0.3) is 10.7 Å². The number of ketones is 1. The van der Waals surface area contributed by atoms with Gasteiger partial charge in [0.05, 0.1) is 18.0 Å². The first-order valence-electron chi connectivity index (χ1n) is 6.00. The van der Waals surface area contributed by atoms with Gasteiger partial charge in [-0.25, -0.2) is 4.98 Å². The summed E-state index contributed by atoms with van der Waals surface area (Å²) < 4.78 is 7.18. The van der Waals surface area contributed by atoms with Gasteiger partial charge in [0.25, 0.3) is 0 Å². The number of thiophene rings is 1. The highest BCUT2D eigenvalue weighted by atomic mass is 32.1. The van der Waals surface area contributed by atoms with Crippen molar-refractivity contribution in [3.8, 4) is 10.7 Å². The zero-order valence-corrected chi connectivity index (χ0v) is 10.7. The number of hydrogen-bond donors (Lipinski definition) is 0. The molecule has 1 unspecified atom stereocenters. The molecule has 0 saturated carbocycles. The van der Waals surface area contributed by atoms with E-state index in [4.69, 9.17) is 4.74 Å². The smallest absolute Gasteiger partial charge is 0.158 e. The molecule has 1 atom stereocenters. The second kappa shape index (κ2) is 5.04. The highest BCUT2D eigenvalue weighted by molar-refractivity contribution is 7.13. The number of rotatable bonds is 4. The van der Waals surface area contributed by atoms with Crippen LogP contribution in [0.3, 0.4) is 0 Å². The Kier molecular flexibility index (Phi) is 3.25. The Bertz CT molecular complexity index is 527. The molecule has 3 heterocycles. The molecule has 0 N–H and O–H groups in total. The van der Waals surface area contributed by atoms with Crippen LogP contribution in [0.5, 0.6) is 0 Å². The number of ether oxygens (including phenoxy) is 1. The Hall–Kier alpha value is -1.46. The van der Waals surface area contributed by atoms with Crippen molar-refractivity contribution in [2.45, 2.75) is 13.0 Å². The molecule has 1 fully saturated rings. The summed E-state index contributed by atoms with van der Waals surface area (Å²) in [4.78, 5) is 17.5. The summed E-state index contributed by atoms with van der Waals surface area (Å²) >= 11 is 1.63. The third kappa shape index (κ3) is 2.23. The van der Waals surface area contributed by atoms with Crippen LogP contribution in [0.2, 0.25) is 0 Å². The molecule has 94 valence electrons. The van der Waals surface area contributed by atoms with E-state index in [1.54, 1.807) is 17.5 Å². The van der Waals surface area contributed by atoms with Gasteiger partial charge < -0.3 is 9.30 Å². The fourth-order valence-electron chi connectivity index (χ4n) is 2.15. The van der Waals surface area contributed by atoms with Gasteiger partial charge in [-0.15, -0.1) is 11.3 Å². The minimum atomic E-state index is 0.0589. The molecule has 0 aliphatic carbocycles. The average Bonchev–Trinajstić information content (AvgIpc) is 3.11. The van der Waals surface area contributed by atoms with Crippen LogP contribution in [-0.4, -0.2) is 28.5 Å². The molecular weight excluding hydrogens is 248 g/mol. The van der Waals surface area contributed by atoms with Gasteiger partial charge in [-0.2, -0.15) is 0 Å². The first-order chi connectivity index (χ1) is 8.84. The molecule has 2 aromatic rings. The predicted octanol–water partition coefficient (Wildman–Crippen LogP) is 2.22. The fourth-order valence-corrected chi connectivity index (χ4v) is 2.89. The molecule has 0 bridgehead atoms. The molecule has 2 aromatic heterocycles. The Balaban J connectivity index is 1.77. The number of nitrogens with zero attached hydrogens (tertiary/aromatic N) is 2. The fraction of sp³-hybridized carbons (Fsp3) is 0.385. The van der Waals surface area contributed by atoms with E-state index >= 15 is 0 Å². The quantitative estimate of drug-likeness (QED) is 0.848. The molecule has 18 heavy (non-hydrogen) atoms. The molecule has 1 aliphatic rings. The van der Waals surface area contributed by atoms with Crippen molar-refractivity contribution in [1.82, 2.24) is 9.55 Å². The van der Waals surface area contributed by atoms with Crippen LogP contribution in [0.1, 0.15) is 6.42 Å². The summed E-state index contributed by atoms with van der Waals surface area (Å²) in [5, 5.41) is 2.01. The van der Waals surface area contributed by atoms with Gasteiger partial charge in [-0.3, -0.25) is 4.79 Å². The van der Waals surface area contributed by atoms with Crippen LogP contribution >= 0.6 is 11.3 Å². The van der Waals surface area contributed by atoms with Crippen LogP contribution in [-0.2, 0) is 16.1 Å². The lowest BCUT2D eigenvalue weighted by atomic mass is 10.0. The van der Waals surface area contributed by atoms with Crippen LogP contribution in [0, 0.1) is 5.92 Å². The second-order valence-electron chi connectivity index (χ2n) is 4.38. The largest absolute Gasteiger partial charge is 0.381 e. The van der Waals surface area contributed by atoms with E-state index in [1.165, 1.54) is 0 Å². The molecule has 3 rings (SSSR count). The van der Waals surface area contributed by atoms with Gasteiger partial charge >= 0.3 is 0 Å². The number of imidazole rings is 1. The number of hydrogen-bond acceptors (Lipinski definition) is 4. The number of aromatic nitrogens is 2. The Morgan fingerprint density at radius 1 is 1.61 bits per heavy atom. The molecule has 5 heteroatoms. The van der Waals surface area contributed by atoms with Crippen molar-refractivity contribution < 1.29 is 9.53 Å². The predicted molar refractivity (Wildman–Crippen MR) is 69.5 cm³/mol. The molecule has 0 radical (unpaired) electrons. The first kappa shape index (κ1) is 11.6. The molecule has 0 spiro atoms. The van der Waals surface area contributed by atoms with Crippen LogP contribution in [0.4, 0.5) is 0 Å². The van der Waals surface area contributed by atoms with Gasteiger partial charge in [0.1, 0.15) is 5.82 Å². The van der Waals surface area contributed by atoms with E-state index in [0.29, 0.717) is 19.8 Å². The second-order valence-corrected chi connectivity index (χ2v) is 5.33. The summed E-state index contributed by atoms with van der Waals surface area (Å²) in [7, 11) is 0. The Labute approximate surface area is 109 Å². The van der Waals surface area contributed by atoms with Crippen molar-refractivity contribution in [3.05, 3.63) is 29.9 Å². The molecule has 1 aliphatic heterocycles. The SMILES string of the molecule is O=C(Cn1ccnc1-c1cccs1)C1CCOC1. The highest BCUT2D eigenvalue weighted by Gasteiger charge is 2.24. The van der Waals surface area contributed by atoms with Crippen LogP contribution in [0.15, 0.2) is 29.9 Å². The van der Waals surface area contributed by atoms with E-state index in [-0.39, 0.29) is 11.7 Å². The molecular formula is C13H14N2O2S. The Morgan fingerprint density at radius 3 is 3.28 bits per heavy atom. The summed E-state index contributed by atoms with van der Waals surface area (Å²) in [6.07, 6.45) is 4.46. The molecule has 0 amide bonds. The topological polar surface area (TPSA) is 44.1 Å². The monoisotopic (exact) mass is 262 g/mol. The zero-order valence-electron chi connectivity index (χ0n) is 9.91. The van der Waals surface area contributed by atoms with E-state index < -0.39 is 0 Å². The maximum absolute atomic E-state index is 12.1. The molecule has 4 nitrogen and oxygen atoms in total. The van der Waals surface area contributed by atoms with Crippen molar-refractivity contribution in [1.29, 1.82) is 0 Å². The summed E-state index contributed by atoms with van der Waals surface area (Å²) in [6.45, 7) is 1.67. The average molecular weight is 262 g/mol. The van der Waals surface area contributed by atoms with Crippen molar-refractivity contribution >= 4 is 17.1 Å². The summed E-state index contributed by atoms with van der Waals surface area (Å²) in [5.41, 5.74) is 0. The van der Waals surface area contributed by atoms with Gasteiger partial charge in [0.15, 0.2) is 5.78 Å². The summed E-state index contributed by atoms with van der Waals surface area (Å²) in [6, 6.07) is 4.01. The van der Waals surface area contributed by atoms with Gasteiger partial charge in [-0.05, 0) is 17.9 Å². The van der Waals surface area contributed by atoms with E-state index in [1.807, 2.05) is 28.3 Å². The van der Waals surface area contributed by atoms with Gasteiger partial charge in [0, 0.05) is 24.9 Å². The van der Waals surface area contributed by atoms with E-state index in [0.717, 1.165) is 17.1 Å². The van der Waals surface area contributed by atoms with Crippen molar-refractivity contribution in [2.75, 3.05) is 13.2 Å². The lowest BCUT2D eigenvalue weighted by Crippen LogP contribution is -2.20. The lowest BCUT2D eigenvalue weighted by molar-refractivity contribution is -0.123.